The van der Waals surface area contributed by atoms with Crippen molar-refractivity contribution < 1.29 is 19.0 Å². The molecule has 6 heteroatoms. The fourth-order valence-corrected chi connectivity index (χ4v) is 3.28. The highest BCUT2D eigenvalue weighted by atomic mass is 16.5. The summed E-state index contributed by atoms with van der Waals surface area (Å²) in [6.45, 7) is 4.07. The minimum Gasteiger partial charge on any atom is -0.493 e. The van der Waals surface area contributed by atoms with E-state index in [0.29, 0.717) is 23.0 Å². The van der Waals surface area contributed by atoms with Crippen molar-refractivity contribution in [2.24, 2.45) is 4.99 Å². The average molecular weight is 352 g/mol. The predicted octanol–water partition coefficient (Wildman–Crippen LogP) is 3.49. The number of Topliss-reactive ketones (excluding diaryl/α,β-unsaturated/α-hetero) is 1. The molecule has 0 aliphatic carbocycles. The van der Waals surface area contributed by atoms with E-state index in [2.05, 4.69) is 10.3 Å². The maximum atomic E-state index is 12.9. The lowest BCUT2D eigenvalue weighted by Gasteiger charge is -2.20. The van der Waals surface area contributed by atoms with E-state index in [1.165, 1.54) is 0 Å². The predicted molar refractivity (Wildman–Crippen MR) is 98.8 cm³/mol. The number of nitrogens with one attached hydrogen (secondary N) is 1. The Morgan fingerprint density at radius 2 is 1.77 bits per heavy atom. The van der Waals surface area contributed by atoms with Crippen LogP contribution in [0.3, 0.4) is 0 Å². The molecule has 2 atom stereocenters. The molecule has 26 heavy (non-hydrogen) atoms. The smallest absolute Gasteiger partial charge is 0.220 e. The molecule has 2 heterocycles. The van der Waals surface area contributed by atoms with E-state index >= 15 is 0 Å². The maximum Gasteiger partial charge on any atom is 0.220 e. The lowest BCUT2D eigenvalue weighted by molar-refractivity contribution is -0.122. The van der Waals surface area contributed by atoms with Gasteiger partial charge in [-0.05, 0) is 49.2 Å². The number of ether oxygens (including phenoxy) is 3. The normalized spacial score (nSPS) is 20.5. The molecule has 6 nitrogen and oxygen atoms in total. The molecule has 0 radical (unpaired) electrons. The van der Waals surface area contributed by atoms with Crippen LogP contribution < -0.4 is 14.8 Å². The molecule has 1 N–H and O–H groups in total. The van der Waals surface area contributed by atoms with Gasteiger partial charge in [-0.15, -0.1) is 0 Å². The van der Waals surface area contributed by atoms with Gasteiger partial charge < -0.3 is 19.5 Å². The third-order valence-electron chi connectivity index (χ3n) is 4.88. The number of nitrogens with zero attached hydrogens (tertiary/aromatic N) is 1. The Kier molecular flexibility index (Phi) is 3.83. The monoisotopic (exact) mass is 352 g/mol. The summed E-state index contributed by atoms with van der Waals surface area (Å²) in [5, 5.41) is 3.27. The fraction of sp³-hybridized carbons (Fsp3) is 0.300. The fourth-order valence-electron chi connectivity index (χ4n) is 3.28. The molecule has 0 amide bonds. The van der Waals surface area contributed by atoms with Crippen LogP contribution in [-0.4, -0.2) is 31.9 Å². The number of carbonyl (C=O) groups is 1. The number of fused-ring (bicyclic) bond motifs is 2. The molecule has 1 saturated heterocycles. The minimum atomic E-state index is -0.720. The van der Waals surface area contributed by atoms with Gasteiger partial charge >= 0.3 is 0 Å². The molecule has 0 saturated carbocycles. The second-order valence-electron chi connectivity index (χ2n) is 6.50. The number of aryl methyl sites for hydroxylation is 2. The van der Waals surface area contributed by atoms with Gasteiger partial charge in [0.05, 0.1) is 25.6 Å². The molecule has 2 aromatic carbocycles. The lowest BCUT2D eigenvalue weighted by atomic mass is 10.0. The number of benzene rings is 2. The molecule has 2 aliphatic rings. The summed E-state index contributed by atoms with van der Waals surface area (Å²) >= 11 is 0. The first-order valence-electron chi connectivity index (χ1n) is 8.40. The van der Waals surface area contributed by atoms with Crippen LogP contribution in [0, 0.1) is 13.8 Å². The van der Waals surface area contributed by atoms with E-state index in [-0.39, 0.29) is 5.78 Å². The maximum absolute atomic E-state index is 12.9. The summed E-state index contributed by atoms with van der Waals surface area (Å²) in [5.74, 6) is 1.50. The molecule has 134 valence electrons. The van der Waals surface area contributed by atoms with Crippen LogP contribution in [0.4, 0.5) is 11.4 Å². The van der Waals surface area contributed by atoms with Crippen LogP contribution in [0.15, 0.2) is 35.3 Å². The number of carbonyl (C=O) groups excluding carboxylic acids is 1. The number of aliphatic imine (C=N–C) groups is 1. The van der Waals surface area contributed by atoms with Crippen molar-refractivity contribution in [2.45, 2.75) is 26.0 Å². The summed E-state index contributed by atoms with van der Waals surface area (Å²) in [6, 6.07) is 8.79. The van der Waals surface area contributed by atoms with Crippen molar-refractivity contribution in [3.8, 4) is 11.5 Å². The number of methoxy groups -OCH3 is 2. The zero-order valence-electron chi connectivity index (χ0n) is 15.1. The standard InChI is InChI=1S/C20H20N2O4/c1-10-7-13-14(8-11(10)2)22-20-17(21-13)18(23)19(26-20)12-5-6-15(24-3)16(9-12)25-4/h5-9,17,19,21H,1-4H3/t17-,19+/m0/s1. The van der Waals surface area contributed by atoms with Crippen LogP contribution in [-0.2, 0) is 9.53 Å². The third kappa shape index (κ3) is 2.49. The Balaban J connectivity index is 1.68. The lowest BCUT2D eigenvalue weighted by Crippen LogP contribution is -2.34. The van der Waals surface area contributed by atoms with E-state index in [0.717, 1.165) is 22.5 Å². The van der Waals surface area contributed by atoms with E-state index in [9.17, 15) is 4.79 Å². The highest BCUT2D eigenvalue weighted by Gasteiger charge is 2.44. The molecular formula is C20H20N2O4. The van der Waals surface area contributed by atoms with Crippen LogP contribution in [0.2, 0.25) is 0 Å². The molecule has 1 fully saturated rings. The molecule has 0 spiro atoms. The Morgan fingerprint density at radius 3 is 2.50 bits per heavy atom. The van der Waals surface area contributed by atoms with Gasteiger partial charge in [-0.3, -0.25) is 4.79 Å². The molecular weight excluding hydrogens is 332 g/mol. The van der Waals surface area contributed by atoms with Gasteiger partial charge in [-0.1, -0.05) is 6.07 Å². The van der Waals surface area contributed by atoms with Crippen molar-refractivity contribution >= 4 is 23.1 Å². The summed E-state index contributed by atoms with van der Waals surface area (Å²) in [4.78, 5) is 17.5. The molecule has 0 bridgehead atoms. The number of anilines is 1. The summed E-state index contributed by atoms with van der Waals surface area (Å²) in [6.07, 6.45) is -0.720. The van der Waals surface area contributed by atoms with Gasteiger partial charge in [0.2, 0.25) is 11.7 Å². The van der Waals surface area contributed by atoms with Gasteiger partial charge in [-0.2, -0.15) is 0 Å². The van der Waals surface area contributed by atoms with Crippen molar-refractivity contribution in [3.63, 3.8) is 0 Å². The highest BCUT2D eigenvalue weighted by molar-refractivity contribution is 6.17. The van der Waals surface area contributed by atoms with E-state index < -0.39 is 12.1 Å². The molecule has 4 rings (SSSR count). The second-order valence-corrected chi connectivity index (χ2v) is 6.50. The topological polar surface area (TPSA) is 69.2 Å². The van der Waals surface area contributed by atoms with Gasteiger partial charge in [0.25, 0.3) is 0 Å². The number of hydrogen-bond donors (Lipinski definition) is 1. The van der Waals surface area contributed by atoms with E-state index in [1.807, 2.05) is 32.0 Å². The first-order chi connectivity index (χ1) is 12.5. The van der Waals surface area contributed by atoms with Gasteiger partial charge in [0.1, 0.15) is 0 Å². The van der Waals surface area contributed by atoms with Gasteiger partial charge in [0.15, 0.2) is 23.6 Å². The van der Waals surface area contributed by atoms with Crippen molar-refractivity contribution in [3.05, 3.63) is 47.0 Å². The Hall–Kier alpha value is -3.02. The zero-order chi connectivity index (χ0) is 18.4. The summed E-state index contributed by atoms with van der Waals surface area (Å²) in [5.41, 5.74) is 4.65. The van der Waals surface area contributed by atoms with Crippen molar-refractivity contribution in [2.75, 3.05) is 19.5 Å². The number of rotatable bonds is 3. The van der Waals surface area contributed by atoms with Gasteiger partial charge in [-0.25, -0.2) is 4.99 Å². The molecule has 0 aromatic heterocycles. The van der Waals surface area contributed by atoms with Crippen molar-refractivity contribution in [1.82, 2.24) is 0 Å². The number of ketones is 1. The Labute approximate surface area is 151 Å². The van der Waals surface area contributed by atoms with Crippen LogP contribution in [0.25, 0.3) is 0 Å². The highest BCUT2D eigenvalue weighted by Crippen LogP contribution is 2.40. The Morgan fingerprint density at radius 1 is 1.04 bits per heavy atom. The first kappa shape index (κ1) is 16.4. The Bertz CT molecular complexity index is 936. The summed E-state index contributed by atoms with van der Waals surface area (Å²) < 4.78 is 16.5. The molecule has 0 unspecified atom stereocenters. The minimum absolute atomic E-state index is 0.0696. The summed E-state index contributed by atoms with van der Waals surface area (Å²) in [7, 11) is 3.13. The second kappa shape index (κ2) is 6.05. The van der Waals surface area contributed by atoms with Crippen molar-refractivity contribution in [1.29, 1.82) is 0 Å². The van der Waals surface area contributed by atoms with E-state index in [4.69, 9.17) is 14.2 Å². The quantitative estimate of drug-likeness (QED) is 0.916. The SMILES string of the molecule is COc1ccc([C@H]2OC3=Nc4cc(C)c(C)cc4N[C@H]3C2=O)cc1OC. The average Bonchev–Trinajstić information content (AvgIpc) is 2.96. The number of hydrogen-bond acceptors (Lipinski definition) is 6. The van der Waals surface area contributed by atoms with Crippen LogP contribution >= 0.6 is 0 Å². The largest absolute Gasteiger partial charge is 0.493 e. The van der Waals surface area contributed by atoms with E-state index in [1.54, 1.807) is 26.4 Å². The van der Waals surface area contributed by atoms with Gasteiger partial charge in [0, 0.05) is 5.56 Å². The van der Waals surface area contributed by atoms with Crippen LogP contribution in [0.5, 0.6) is 11.5 Å². The molecule has 2 aliphatic heterocycles. The zero-order valence-corrected chi connectivity index (χ0v) is 15.1. The van der Waals surface area contributed by atoms with Crippen LogP contribution in [0.1, 0.15) is 22.8 Å². The third-order valence-corrected chi connectivity index (χ3v) is 4.88. The first-order valence-corrected chi connectivity index (χ1v) is 8.40. The molecule has 2 aromatic rings.